The Morgan fingerprint density at radius 2 is 1.74 bits per heavy atom. The molecule has 4 aliphatic carbocycles. The molecule has 34 heavy (non-hydrogen) atoms. The fraction of sp³-hybridized carbons (Fsp3) is 0.524. The molecule has 4 aliphatic rings. The van der Waals surface area contributed by atoms with Crippen LogP contribution in [-0.2, 0) is 15.7 Å². The maximum atomic E-state index is 13.0. The number of halogens is 2. The molecule has 2 aromatic rings. The highest BCUT2D eigenvalue weighted by Crippen LogP contribution is 2.60. The van der Waals surface area contributed by atoms with Gasteiger partial charge in [-0.15, -0.1) is 0 Å². The van der Waals surface area contributed by atoms with Gasteiger partial charge in [-0.3, -0.25) is 9.87 Å². The van der Waals surface area contributed by atoms with E-state index in [1.165, 1.54) is 49.2 Å². The lowest BCUT2D eigenvalue weighted by Gasteiger charge is -2.55. The van der Waals surface area contributed by atoms with Crippen molar-refractivity contribution in [3.63, 3.8) is 0 Å². The van der Waals surface area contributed by atoms with Crippen LogP contribution in [0.4, 0.5) is 16.4 Å². The van der Waals surface area contributed by atoms with Crippen molar-refractivity contribution in [1.82, 2.24) is 15.0 Å². The Morgan fingerprint density at radius 1 is 1.12 bits per heavy atom. The molecule has 0 aliphatic heterocycles. The fourth-order valence-corrected chi connectivity index (χ4v) is 7.82. The van der Waals surface area contributed by atoms with Crippen molar-refractivity contribution in [1.29, 1.82) is 0 Å². The van der Waals surface area contributed by atoms with Crippen LogP contribution in [0.3, 0.4) is 0 Å². The molecule has 0 saturated heterocycles. The van der Waals surface area contributed by atoms with Crippen LogP contribution < -0.4 is 9.62 Å². The zero-order valence-corrected chi connectivity index (χ0v) is 21.4. The number of rotatable bonds is 5. The van der Waals surface area contributed by atoms with Gasteiger partial charge in [-0.25, -0.2) is 9.78 Å². The summed E-state index contributed by atoms with van der Waals surface area (Å²) in [6.07, 6.45) is 8.64. The van der Waals surface area contributed by atoms with Gasteiger partial charge >= 0.3 is 16.3 Å². The third kappa shape index (κ3) is 4.48. The van der Waals surface area contributed by atoms with Gasteiger partial charge in [0.25, 0.3) is 0 Å². The Balaban J connectivity index is 1.49. The normalized spacial score (nSPS) is 27.6. The summed E-state index contributed by atoms with van der Waals surface area (Å²) in [7, 11) is -5.02. The molecule has 0 atom stereocenters. The second kappa shape index (κ2) is 8.77. The number of amides is 2. The van der Waals surface area contributed by atoms with E-state index in [9.17, 15) is 17.8 Å². The summed E-state index contributed by atoms with van der Waals surface area (Å²) in [6.45, 7) is 0. The maximum Gasteiger partial charge on any atom is 0.368 e. The van der Waals surface area contributed by atoms with Crippen molar-refractivity contribution >= 4 is 62.9 Å². The van der Waals surface area contributed by atoms with E-state index >= 15 is 0 Å². The molecule has 1 aromatic carbocycles. The molecule has 2 N–H and O–H groups in total. The molecule has 0 spiro atoms. The van der Waals surface area contributed by atoms with E-state index in [4.69, 9.17) is 28.2 Å². The van der Waals surface area contributed by atoms with Gasteiger partial charge in [0.05, 0.1) is 10.7 Å². The van der Waals surface area contributed by atoms with E-state index < -0.39 is 16.3 Å². The average molecular weight is 544 g/mol. The molecule has 182 valence electrons. The molecule has 6 rings (SSSR count). The van der Waals surface area contributed by atoms with E-state index in [0.717, 1.165) is 19.3 Å². The van der Waals surface area contributed by atoms with Crippen LogP contribution in [0, 0.1) is 17.8 Å². The summed E-state index contributed by atoms with van der Waals surface area (Å²) in [5, 5.41) is 2.96. The molecule has 9 nitrogen and oxygen atoms in total. The van der Waals surface area contributed by atoms with Crippen molar-refractivity contribution in [2.75, 3.05) is 15.9 Å². The number of anilines is 2. The highest BCUT2D eigenvalue weighted by atomic mass is 35.5. The van der Waals surface area contributed by atoms with Crippen LogP contribution in [0.1, 0.15) is 44.3 Å². The zero-order valence-electron chi connectivity index (χ0n) is 18.2. The molecule has 13 heteroatoms. The van der Waals surface area contributed by atoms with Crippen molar-refractivity contribution in [3.8, 4) is 0 Å². The van der Waals surface area contributed by atoms with Crippen LogP contribution in [-0.4, -0.2) is 40.2 Å². The standard InChI is InChI=1S/C21H23Cl2N5O4S2/c1-33-19-25-17(21-8-11-4-12(9-21)6-13(5-11)10-21)24-18(26-19)27-20(29)28(34(30,31)32)16-3-2-14(22)7-15(16)23/h2-3,7,11-13H,4-6,8-10H2,1H3,(H,30,31,32)(H,24,25,26,27,29). The third-order valence-electron chi connectivity index (χ3n) is 7.07. The van der Waals surface area contributed by atoms with Crippen molar-refractivity contribution in [2.45, 2.75) is 49.1 Å². The van der Waals surface area contributed by atoms with Gasteiger partial charge in [0, 0.05) is 10.4 Å². The number of thioether (sulfide) groups is 1. The predicted molar refractivity (Wildman–Crippen MR) is 131 cm³/mol. The largest absolute Gasteiger partial charge is 0.368 e. The highest BCUT2D eigenvalue weighted by Gasteiger charge is 2.53. The van der Waals surface area contributed by atoms with Gasteiger partial charge in [-0.1, -0.05) is 35.0 Å². The molecule has 4 bridgehead atoms. The van der Waals surface area contributed by atoms with Crippen LogP contribution in [0.5, 0.6) is 0 Å². The second-order valence-corrected chi connectivity index (χ2v) is 12.3. The predicted octanol–water partition coefficient (Wildman–Crippen LogP) is 5.21. The second-order valence-electron chi connectivity index (χ2n) is 9.44. The molecular formula is C21H23Cl2N5O4S2. The number of aromatic nitrogens is 3. The van der Waals surface area contributed by atoms with Crippen molar-refractivity contribution < 1.29 is 17.8 Å². The van der Waals surface area contributed by atoms with E-state index in [-0.39, 0.29) is 31.4 Å². The number of benzene rings is 1. The lowest BCUT2D eigenvalue weighted by atomic mass is 9.49. The lowest BCUT2D eigenvalue weighted by molar-refractivity contribution is -0.00975. The number of carbonyl (C=O) groups is 1. The first-order chi connectivity index (χ1) is 16.1. The maximum absolute atomic E-state index is 13.0. The van der Waals surface area contributed by atoms with E-state index in [1.54, 1.807) is 0 Å². The zero-order chi connectivity index (χ0) is 24.3. The average Bonchev–Trinajstić information content (AvgIpc) is 2.73. The Kier molecular flexibility index (Phi) is 6.21. The summed E-state index contributed by atoms with van der Waals surface area (Å²) < 4.78 is 34.1. The quantitative estimate of drug-likeness (QED) is 0.388. The van der Waals surface area contributed by atoms with Gasteiger partial charge in [-0.2, -0.15) is 22.7 Å². The minimum Gasteiger partial charge on any atom is -0.275 e. The number of hydrogen-bond acceptors (Lipinski definition) is 7. The van der Waals surface area contributed by atoms with Crippen molar-refractivity contribution in [3.05, 3.63) is 34.1 Å². The van der Waals surface area contributed by atoms with Crippen LogP contribution in [0.25, 0.3) is 0 Å². The van der Waals surface area contributed by atoms with E-state index in [1.807, 2.05) is 6.26 Å². The molecule has 4 saturated carbocycles. The summed E-state index contributed by atoms with van der Waals surface area (Å²) in [5.74, 6) is 2.57. The first-order valence-electron chi connectivity index (χ1n) is 10.9. The Bertz CT molecular complexity index is 1220. The highest BCUT2D eigenvalue weighted by molar-refractivity contribution is 7.98. The summed E-state index contributed by atoms with van der Waals surface area (Å²) >= 11 is 13.3. The number of nitrogens with one attached hydrogen (secondary N) is 1. The lowest BCUT2D eigenvalue weighted by Crippen LogP contribution is -2.49. The van der Waals surface area contributed by atoms with Crippen LogP contribution in [0.2, 0.25) is 10.0 Å². The van der Waals surface area contributed by atoms with Crippen LogP contribution in [0.15, 0.2) is 23.4 Å². The Labute approximate surface area is 211 Å². The molecule has 0 unspecified atom stereocenters. The summed E-state index contributed by atoms with van der Waals surface area (Å²) in [4.78, 5) is 26.6. The Hall–Kier alpha value is -1.66. The van der Waals surface area contributed by atoms with Gasteiger partial charge in [0.1, 0.15) is 5.82 Å². The fourth-order valence-electron chi connectivity index (χ4n) is 6.26. The van der Waals surface area contributed by atoms with Gasteiger partial charge in [0.2, 0.25) is 5.95 Å². The van der Waals surface area contributed by atoms with Crippen LogP contribution >= 0.6 is 35.0 Å². The summed E-state index contributed by atoms with van der Waals surface area (Å²) in [6, 6.07) is 2.67. The Morgan fingerprint density at radius 3 is 2.26 bits per heavy atom. The van der Waals surface area contributed by atoms with E-state index in [0.29, 0.717) is 28.7 Å². The first-order valence-corrected chi connectivity index (χ1v) is 14.3. The molecule has 1 heterocycles. The minimum absolute atomic E-state index is 0.0752. The van der Waals surface area contributed by atoms with Crippen molar-refractivity contribution in [2.24, 2.45) is 17.8 Å². The SMILES string of the molecule is CSc1nc(NC(=O)N(c2ccc(Cl)cc2Cl)S(=O)(=O)O)nc(C23CC4CC(CC(C4)C2)C3)n1. The summed E-state index contributed by atoms with van der Waals surface area (Å²) in [5.41, 5.74) is -0.407. The minimum atomic E-state index is -5.02. The molecule has 0 radical (unpaired) electrons. The molecule has 2 amide bonds. The number of urea groups is 1. The van der Waals surface area contributed by atoms with E-state index in [2.05, 4.69) is 15.3 Å². The van der Waals surface area contributed by atoms with Gasteiger partial charge in [0.15, 0.2) is 5.16 Å². The molecule has 1 aromatic heterocycles. The van der Waals surface area contributed by atoms with Gasteiger partial charge in [-0.05, 0) is 80.7 Å². The monoisotopic (exact) mass is 543 g/mol. The third-order valence-corrected chi connectivity index (χ3v) is 8.98. The molecular weight excluding hydrogens is 521 g/mol. The smallest absolute Gasteiger partial charge is 0.275 e. The number of nitrogens with zero attached hydrogens (tertiary/aromatic N) is 4. The number of carbonyl (C=O) groups excluding carboxylic acids is 1. The number of hydrogen-bond donors (Lipinski definition) is 2. The molecule has 4 fully saturated rings. The van der Waals surface area contributed by atoms with Gasteiger partial charge < -0.3 is 0 Å². The first kappa shape index (κ1) is 24.1. The topological polar surface area (TPSA) is 125 Å².